The van der Waals surface area contributed by atoms with Crippen LogP contribution in [0.25, 0.3) is 0 Å². The van der Waals surface area contributed by atoms with Crippen molar-refractivity contribution in [3.63, 3.8) is 0 Å². The monoisotopic (exact) mass is 268 g/mol. The Morgan fingerprint density at radius 3 is 2.00 bits per heavy atom. The lowest BCUT2D eigenvalue weighted by atomic mass is 9.67. The molecule has 1 aliphatic carbocycles. The van der Waals surface area contributed by atoms with Crippen LogP contribution < -0.4 is 5.73 Å². The molecule has 1 fully saturated rings. The molecule has 0 aliphatic heterocycles. The molecule has 0 heterocycles. The molecule has 0 aromatic carbocycles. The summed E-state index contributed by atoms with van der Waals surface area (Å²) >= 11 is 0. The summed E-state index contributed by atoms with van der Waals surface area (Å²) in [5.41, 5.74) is 6.71. The Labute approximate surface area is 121 Å². The normalized spacial score (nSPS) is 28.9. The smallest absolute Gasteiger partial charge is 0.0257 e. The molecule has 0 aromatic heterocycles. The maximum Gasteiger partial charge on any atom is 0.0257 e. The number of nitrogens with zero attached hydrogens (tertiary/aromatic N) is 1. The molecule has 2 unspecified atom stereocenters. The minimum absolute atomic E-state index is 0.337. The van der Waals surface area contributed by atoms with Crippen LogP contribution in [0.3, 0.4) is 0 Å². The van der Waals surface area contributed by atoms with Crippen molar-refractivity contribution in [1.29, 1.82) is 0 Å². The summed E-state index contributed by atoms with van der Waals surface area (Å²) in [6.45, 7) is 14.1. The summed E-state index contributed by atoms with van der Waals surface area (Å²) in [7, 11) is 0. The van der Waals surface area contributed by atoms with Gasteiger partial charge in [0.25, 0.3) is 0 Å². The Kier molecular flexibility index (Phi) is 6.32. The lowest BCUT2D eigenvalue weighted by Crippen LogP contribution is -2.62. The number of hydrogen-bond acceptors (Lipinski definition) is 2. The average molecular weight is 268 g/mol. The van der Waals surface area contributed by atoms with Gasteiger partial charge in [0.15, 0.2) is 0 Å². The number of rotatable bonds is 6. The molecule has 114 valence electrons. The van der Waals surface area contributed by atoms with E-state index >= 15 is 0 Å². The predicted molar refractivity (Wildman–Crippen MR) is 85.4 cm³/mol. The SMILES string of the molecule is CCC(CC)C1(N(C(C)C)C(C)C)CCCC(N)C1. The summed E-state index contributed by atoms with van der Waals surface area (Å²) in [4.78, 5) is 2.78. The second kappa shape index (κ2) is 7.08. The van der Waals surface area contributed by atoms with Crippen molar-refractivity contribution in [2.75, 3.05) is 0 Å². The zero-order chi connectivity index (χ0) is 14.6. The van der Waals surface area contributed by atoms with E-state index in [1.54, 1.807) is 0 Å². The summed E-state index contributed by atoms with van der Waals surface area (Å²) in [5.74, 6) is 0.781. The zero-order valence-electron chi connectivity index (χ0n) is 14.1. The van der Waals surface area contributed by atoms with Gasteiger partial charge in [-0.25, -0.2) is 0 Å². The first-order valence-electron chi connectivity index (χ1n) is 8.43. The molecular weight excluding hydrogens is 232 g/mol. The molecule has 2 nitrogen and oxygen atoms in total. The van der Waals surface area contributed by atoms with Gasteiger partial charge in [0.1, 0.15) is 0 Å². The first kappa shape index (κ1) is 17.0. The van der Waals surface area contributed by atoms with E-state index in [0.717, 1.165) is 5.92 Å². The van der Waals surface area contributed by atoms with E-state index in [1.165, 1.54) is 38.5 Å². The highest BCUT2D eigenvalue weighted by molar-refractivity contribution is 5.02. The maximum atomic E-state index is 6.37. The highest BCUT2D eigenvalue weighted by Crippen LogP contribution is 2.44. The van der Waals surface area contributed by atoms with Gasteiger partial charge in [-0.15, -0.1) is 0 Å². The fourth-order valence-corrected chi connectivity index (χ4v) is 4.82. The molecule has 0 saturated heterocycles. The minimum atomic E-state index is 0.337. The summed E-state index contributed by atoms with van der Waals surface area (Å²) in [5, 5.41) is 0. The molecule has 0 spiro atoms. The van der Waals surface area contributed by atoms with Crippen LogP contribution >= 0.6 is 0 Å². The molecule has 2 heteroatoms. The van der Waals surface area contributed by atoms with Gasteiger partial charge >= 0.3 is 0 Å². The summed E-state index contributed by atoms with van der Waals surface area (Å²) in [6.07, 6.45) is 7.59. The molecular formula is C17H36N2. The molecule has 19 heavy (non-hydrogen) atoms. The van der Waals surface area contributed by atoms with E-state index in [0.29, 0.717) is 23.7 Å². The van der Waals surface area contributed by atoms with Gasteiger partial charge in [0, 0.05) is 23.7 Å². The third-order valence-electron chi connectivity index (χ3n) is 5.17. The molecule has 2 atom stereocenters. The van der Waals surface area contributed by atoms with Crippen LogP contribution in [0, 0.1) is 5.92 Å². The maximum absolute atomic E-state index is 6.37. The number of nitrogens with two attached hydrogens (primary N) is 1. The minimum Gasteiger partial charge on any atom is -0.328 e. The Balaban J connectivity index is 3.15. The molecule has 1 aliphatic rings. The van der Waals surface area contributed by atoms with Gasteiger partial charge in [0.05, 0.1) is 0 Å². The quantitative estimate of drug-likeness (QED) is 0.783. The van der Waals surface area contributed by atoms with Crippen molar-refractivity contribution in [3.05, 3.63) is 0 Å². The fourth-order valence-electron chi connectivity index (χ4n) is 4.82. The molecule has 0 aromatic rings. The first-order chi connectivity index (χ1) is 8.89. The molecule has 0 radical (unpaired) electrons. The highest BCUT2D eigenvalue weighted by Gasteiger charge is 2.46. The standard InChI is InChI=1S/C17H36N2/c1-7-15(8-2)17(11-9-10-16(18)12-17)19(13(3)4)14(5)6/h13-16H,7-12,18H2,1-6H3. The van der Waals surface area contributed by atoms with Gasteiger partial charge in [-0.05, 0) is 52.9 Å². The van der Waals surface area contributed by atoms with Crippen LogP contribution in [0.15, 0.2) is 0 Å². The fraction of sp³-hybridized carbons (Fsp3) is 1.00. The van der Waals surface area contributed by atoms with Crippen LogP contribution in [0.4, 0.5) is 0 Å². The molecule has 0 amide bonds. The largest absolute Gasteiger partial charge is 0.328 e. The third kappa shape index (κ3) is 3.52. The lowest BCUT2D eigenvalue weighted by molar-refractivity contribution is -0.0511. The van der Waals surface area contributed by atoms with Crippen molar-refractivity contribution in [2.45, 2.75) is 104 Å². The topological polar surface area (TPSA) is 29.3 Å². The Morgan fingerprint density at radius 2 is 1.63 bits per heavy atom. The van der Waals surface area contributed by atoms with Crippen LogP contribution in [0.5, 0.6) is 0 Å². The molecule has 0 bridgehead atoms. The van der Waals surface area contributed by atoms with Crippen LogP contribution in [0.1, 0.15) is 80.1 Å². The van der Waals surface area contributed by atoms with E-state index in [1.807, 2.05) is 0 Å². The van der Waals surface area contributed by atoms with Gasteiger partial charge < -0.3 is 5.73 Å². The zero-order valence-corrected chi connectivity index (χ0v) is 14.1. The lowest BCUT2D eigenvalue weighted by Gasteiger charge is -2.56. The van der Waals surface area contributed by atoms with E-state index in [-0.39, 0.29) is 0 Å². The third-order valence-corrected chi connectivity index (χ3v) is 5.17. The van der Waals surface area contributed by atoms with Crippen LogP contribution in [-0.2, 0) is 0 Å². The van der Waals surface area contributed by atoms with Crippen molar-refractivity contribution in [3.8, 4) is 0 Å². The number of hydrogen-bond donors (Lipinski definition) is 1. The second-order valence-corrected chi connectivity index (χ2v) is 7.07. The van der Waals surface area contributed by atoms with Gasteiger partial charge in [0.2, 0.25) is 0 Å². The van der Waals surface area contributed by atoms with E-state index < -0.39 is 0 Å². The Hall–Kier alpha value is -0.0800. The summed E-state index contributed by atoms with van der Waals surface area (Å²) in [6, 6.07) is 1.60. The molecule has 2 N–H and O–H groups in total. The molecule has 1 saturated carbocycles. The van der Waals surface area contributed by atoms with Crippen molar-refractivity contribution < 1.29 is 0 Å². The predicted octanol–water partition coefficient (Wildman–Crippen LogP) is 4.18. The molecule has 1 rings (SSSR count). The Bertz CT molecular complexity index is 250. The van der Waals surface area contributed by atoms with Crippen molar-refractivity contribution >= 4 is 0 Å². The summed E-state index contributed by atoms with van der Waals surface area (Å²) < 4.78 is 0. The van der Waals surface area contributed by atoms with Gasteiger partial charge in [-0.2, -0.15) is 0 Å². The van der Waals surface area contributed by atoms with Crippen LogP contribution in [-0.4, -0.2) is 28.6 Å². The first-order valence-corrected chi connectivity index (χ1v) is 8.43. The van der Waals surface area contributed by atoms with E-state index in [4.69, 9.17) is 5.73 Å². The average Bonchev–Trinajstić information content (AvgIpc) is 2.29. The van der Waals surface area contributed by atoms with Gasteiger partial charge in [-0.1, -0.05) is 33.1 Å². The van der Waals surface area contributed by atoms with Crippen molar-refractivity contribution in [1.82, 2.24) is 4.90 Å². The van der Waals surface area contributed by atoms with E-state index in [9.17, 15) is 0 Å². The highest BCUT2D eigenvalue weighted by atomic mass is 15.2. The van der Waals surface area contributed by atoms with Crippen molar-refractivity contribution in [2.24, 2.45) is 11.7 Å². The van der Waals surface area contributed by atoms with E-state index in [2.05, 4.69) is 46.4 Å². The second-order valence-electron chi connectivity index (χ2n) is 7.07. The van der Waals surface area contributed by atoms with Crippen LogP contribution in [0.2, 0.25) is 0 Å². The Morgan fingerprint density at radius 1 is 1.11 bits per heavy atom. The van der Waals surface area contributed by atoms with Gasteiger partial charge in [-0.3, -0.25) is 4.90 Å².